The Labute approximate surface area is 137 Å². The largest absolute Gasteiger partial charge is 0.333 e. The van der Waals surface area contributed by atoms with Gasteiger partial charge in [-0.15, -0.1) is 0 Å². The van der Waals surface area contributed by atoms with Gasteiger partial charge in [-0.2, -0.15) is 0 Å². The van der Waals surface area contributed by atoms with E-state index < -0.39 is 0 Å². The molecular weight excluding hydrogens is 298 g/mol. The van der Waals surface area contributed by atoms with E-state index in [1.54, 1.807) is 0 Å². The third-order valence-electron chi connectivity index (χ3n) is 4.83. The number of carbonyl (C=O) groups excluding carboxylic acids is 1. The zero-order valence-electron chi connectivity index (χ0n) is 13.1. The van der Waals surface area contributed by atoms with Crippen LogP contribution in [0.4, 0.5) is 0 Å². The van der Waals surface area contributed by atoms with Crippen LogP contribution in [0.5, 0.6) is 0 Å². The van der Waals surface area contributed by atoms with Crippen molar-refractivity contribution in [2.24, 2.45) is 5.92 Å². The summed E-state index contributed by atoms with van der Waals surface area (Å²) in [6.07, 6.45) is 1.95. The first-order chi connectivity index (χ1) is 10.6. The van der Waals surface area contributed by atoms with Crippen LogP contribution in [0.25, 0.3) is 0 Å². The second-order valence-corrected chi connectivity index (χ2v) is 6.82. The Hall–Kier alpha value is -1.10. The van der Waals surface area contributed by atoms with Crippen molar-refractivity contribution >= 4 is 17.5 Å². The molecule has 1 atom stereocenters. The maximum absolute atomic E-state index is 13.0. The Morgan fingerprint density at radius 3 is 2.77 bits per heavy atom. The highest BCUT2D eigenvalue weighted by Gasteiger charge is 2.33. The molecule has 1 N–H and O–H groups in total. The summed E-state index contributed by atoms with van der Waals surface area (Å²) >= 11 is 6.13. The molecule has 0 radical (unpaired) electrons. The Morgan fingerprint density at radius 1 is 1.27 bits per heavy atom. The van der Waals surface area contributed by atoms with E-state index in [4.69, 9.17) is 11.6 Å². The van der Waals surface area contributed by atoms with Crippen LogP contribution in [0.1, 0.15) is 24.4 Å². The molecule has 1 aromatic rings. The average molecular weight is 322 g/mol. The fourth-order valence-electron chi connectivity index (χ4n) is 3.47. The number of amides is 1. The zero-order chi connectivity index (χ0) is 15.5. The minimum Gasteiger partial charge on any atom is -0.333 e. The number of carbonyl (C=O) groups is 1. The lowest BCUT2D eigenvalue weighted by Crippen LogP contribution is -2.51. The van der Waals surface area contributed by atoms with Gasteiger partial charge in [-0.1, -0.05) is 23.7 Å². The third kappa shape index (κ3) is 3.45. The van der Waals surface area contributed by atoms with Crippen LogP contribution in [-0.4, -0.2) is 55.5 Å². The zero-order valence-corrected chi connectivity index (χ0v) is 13.9. The minimum atomic E-state index is 0.0969. The topological polar surface area (TPSA) is 35.6 Å². The SMILES string of the molecule is CN1CCC(C(=O)N2CCNCC2c2cccc(Cl)c2)CC1. The van der Waals surface area contributed by atoms with E-state index in [1.807, 2.05) is 18.2 Å². The van der Waals surface area contributed by atoms with E-state index in [9.17, 15) is 4.79 Å². The molecule has 1 unspecified atom stereocenters. The second-order valence-electron chi connectivity index (χ2n) is 6.38. The number of benzene rings is 1. The van der Waals surface area contributed by atoms with Gasteiger partial charge < -0.3 is 15.1 Å². The number of nitrogens with one attached hydrogen (secondary N) is 1. The molecular formula is C17H24ClN3O. The van der Waals surface area contributed by atoms with Crippen molar-refractivity contribution in [2.75, 3.05) is 39.8 Å². The standard InChI is InChI=1S/C17H24ClN3O/c1-20-8-5-13(6-9-20)17(22)21-10-7-19-12-16(21)14-3-2-4-15(18)11-14/h2-4,11,13,16,19H,5-10,12H2,1H3. The summed E-state index contributed by atoms with van der Waals surface area (Å²) in [6.45, 7) is 4.49. The van der Waals surface area contributed by atoms with Crippen LogP contribution in [0.15, 0.2) is 24.3 Å². The molecule has 3 rings (SSSR count). The van der Waals surface area contributed by atoms with Crippen molar-refractivity contribution in [3.63, 3.8) is 0 Å². The third-order valence-corrected chi connectivity index (χ3v) is 5.06. The monoisotopic (exact) mass is 321 g/mol. The molecule has 2 fully saturated rings. The quantitative estimate of drug-likeness (QED) is 0.906. The lowest BCUT2D eigenvalue weighted by atomic mass is 9.93. The van der Waals surface area contributed by atoms with Gasteiger partial charge in [-0.3, -0.25) is 4.79 Å². The number of hydrogen-bond acceptors (Lipinski definition) is 3. The van der Waals surface area contributed by atoms with Gasteiger partial charge >= 0.3 is 0 Å². The maximum atomic E-state index is 13.0. The number of likely N-dealkylation sites (tertiary alicyclic amines) is 1. The number of piperidine rings is 1. The first-order valence-corrected chi connectivity index (χ1v) is 8.48. The summed E-state index contributed by atoms with van der Waals surface area (Å²) in [5.74, 6) is 0.496. The maximum Gasteiger partial charge on any atom is 0.226 e. The molecule has 2 aliphatic rings. The average Bonchev–Trinajstić information content (AvgIpc) is 2.55. The van der Waals surface area contributed by atoms with Crippen molar-refractivity contribution in [2.45, 2.75) is 18.9 Å². The predicted molar refractivity (Wildman–Crippen MR) is 89.0 cm³/mol. The predicted octanol–water partition coefficient (Wildman–Crippen LogP) is 2.15. The Kier molecular flexibility index (Phi) is 5.01. The molecule has 0 aromatic heterocycles. The van der Waals surface area contributed by atoms with Crippen LogP contribution in [0.2, 0.25) is 5.02 Å². The molecule has 0 saturated carbocycles. The molecule has 2 saturated heterocycles. The molecule has 2 heterocycles. The van der Waals surface area contributed by atoms with Crippen molar-refractivity contribution in [3.8, 4) is 0 Å². The number of nitrogens with zero attached hydrogens (tertiary/aromatic N) is 2. The molecule has 22 heavy (non-hydrogen) atoms. The van der Waals surface area contributed by atoms with Crippen LogP contribution in [0.3, 0.4) is 0 Å². The second kappa shape index (κ2) is 6.99. The van der Waals surface area contributed by atoms with Crippen molar-refractivity contribution in [1.82, 2.24) is 15.1 Å². The van der Waals surface area contributed by atoms with Gasteiger partial charge in [0.2, 0.25) is 5.91 Å². The molecule has 120 valence electrons. The molecule has 0 aliphatic carbocycles. The summed E-state index contributed by atoms with van der Waals surface area (Å²) in [7, 11) is 2.13. The molecule has 4 nitrogen and oxygen atoms in total. The van der Waals surface area contributed by atoms with Gasteiger partial charge in [0.05, 0.1) is 6.04 Å². The summed E-state index contributed by atoms with van der Waals surface area (Å²) in [5.41, 5.74) is 1.13. The van der Waals surface area contributed by atoms with Crippen LogP contribution in [-0.2, 0) is 4.79 Å². The fraction of sp³-hybridized carbons (Fsp3) is 0.588. The van der Waals surface area contributed by atoms with Crippen molar-refractivity contribution in [1.29, 1.82) is 0 Å². The van der Waals surface area contributed by atoms with Gasteiger partial charge in [-0.05, 0) is 50.7 Å². The minimum absolute atomic E-state index is 0.0969. The lowest BCUT2D eigenvalue weighted by Gasteiger charge is -2.40. The highest BCUT2D eigenvalue weighted by atomic mass is 35.5. The molecule has 1 amide bonds. The van der Waals surface area contributed by atoms with Gasteiger partial charge in [-0.25, -0.2) is 0 Å². The van der Waals surface area contributed by atoms with Gasteiger partial charge in [0, 0.05) is 30.6 Å². The van der Waals surface area contributed by atoms with E-state index in [0.29, 0.717) is 5.91 Å². The van der Waals surface area contributed by atoms with Gasteiger partial charge in [0.25, 0.3) is 0 Å². The normalized spacial score (nSPS) is 24.5. The van der Waals surface area contributed by atoms with E-state index in [1.165, 1.54) is 0 Å². The molecule has 5 heteroatoms. The molecule has 1 aromatic carbocycles. The highest BCUT2D eigenvalue weighted by Crippen LogP contribution is 2.28. The number of hydrogen-bond donors (Lipinski definition) is 1. The number of piperazine rings is 1. The fourth-order valence-corrected chi connectivity index (χ4v) is 3.67. The molecule has 0 bridgehead atoms. The van der Waals surface area contributed by atoms with Crippen LogP contribution < -0.4 is 5.32 Å². The van der Waals surface area contributed by atoms with Crippen molar-refractivity contribution in [3.05, 3.63) is 34.9 Å². The molecule has 0 spiro atoms. The Bertz CT molecular complexity index is 528. The van der Waals surface area contributed by atoms with Crippen LogP contribution >= 0.6 is 11.6 Å². The van der Waals surface area contributed by atoms with Gasteiger partial charge in [0.1, 0.15) is 0 Å². The van der Waals surface area contributed by atoms with Gasteiger partial charge in [0.15, 0.2) is 0 Å². The lowest BCUT2D eigenvalue weighted by molar-refractivity contribution is -0.140. The summed E-state index contributed by atoms with van der Waals surface area (Å²) in [4.78, 5) is 17.3. The first-order valence-electron chi connectivity index (χ1n) is 8.10. The highest BCUT2D eigenvalue weighted by molar-refractivity contribution is 6.30. The summed E-state index contributed by atoms with van der Waals surface area (Å²) < 4.78 is 0. The Balaban J connectivity index is 1.76. The Morgan fingerprint density at radius 2 is 2.05 bits per heavy atom. The number of halogens is 1. The molecule has 2 aliphatic heterocycles. The van der Waals surface area contributed by atoms with Crippen LogP contribution in [0, 0.1) is 5.92 Å². The summed E-state index contributed by atoms with van der Waals surface area (Å²) in [5, 5.41) is 4.13. The van der Waals surface area contributed by atoms with Crippen molar-refractivity contribution < 1.29 is 4.79 Å². The number of rotatable bonds is 2. The van der Waals surface area contributed by atoms with E-state index in [2.05, 4.69) is 28.2 Å². The first kappa shape index (κ1) is 15.8. The van der Waals surface area contributed by atoms with E-state index in [0.717, 1.165) is 56.2 Å². The van der Waals surface area contributed by atoms with E-state index in [-0.39, 0.29) is 12.0 Å². The smallest absolute Gasteiger partial charge is 0.226 e. The summed E-state index contributed by atoms with van der Waals surface area (Å²) in [6, 6.07) is 7.99. The van der Waals surface area contributed by atoms with E-state index >= 15 is 0 Å².